The van der Waals surface area contributed by atoms with Gasteiger partial charge in [-0.25, -0.2) is 9.37 Å². The van der Waals surface area contributed by atoms with Gasteiger partial charge in [-0.15, -0.1) is 0 Å². The first kappa shape index (κ1) is 32.4. The summed E-state index contributed by atoms with van der Waals surface area (Å²) in [6, 6.07) is 8.75. The Labute approximate surface area is 256 Å². The molecule has 1 aliphatic heterocycles. The fraction of sp³-hybridized carbons (Fsp3) is 0.290. The van der Waals surface area contributed by atoms with Crippen LogP contribution >= 0.6 is 0 Å². The van der Waals surface area contributed by atoms with Crippen LogP contribution in [0.3, 0.4) is 0 Å². The van der Waals surface area contributed by atoms with E-state index in [1.807, 2.05) is 0 Å². The SMILES string of the molecule is CC[C@]1(C(N)=O)COc2c1cc([C@@H](CNC(=O)c1cc(OC)c3ncc(C(F)(F)F)cc3c1)C(F)(F)F)nc2-c1ccc(F)cc1. The van der Waals surface area contributed by atoms with Crippen molar-refractivity contribution in [2.24, 2.45) is 5.73 Å². The molecule has 0 radical (unpaired) electrons. The number of amides is 2. The Hall–Kier alpha value is -4.95. The maximum atomic E-state index is 14.6. The van der Waals surface area contributed by atoms with Crippen molar-refractivity contribution in [3.63, 3.8) is 0 Å². The van der Waals surface area contributed by atoms with E-state index in [0.29, 0.717) is 6.20 Å². The quantitative estimate of drug-likeness (QED) is 0.224. The first-order valence-corrected chi connectivity index (χ1v) is 13.7. The van der Waals surface area contributed by atoms with Gasteiger partial charge in [0, 0.05) is 34.8 Å². The van der Waals surface area contributed by atoms with Gasteiger partial charge in [-0.1, -0.05) is 6.92 Å². The van der Waals surface area contributed by atoms with E-state index in [-0.39, 0.29) is 57.8 Å². The second-order valence-electron chi connectivity index (χ2n) is 10.6. The van der Waals surface area contributed by atoms with Crippen molar-refractivity contribution in [2.75, 3.05) is 20.3 Å². The van der Waals surface area contributed by atoms with Crippen LogP contribution in [-0.2, 0) is 16.4 Å². The van der Waals surface area contributed by atoms with Crippen LogP contribution in [0.25, 0.3) is 22.2 Å². The molecule has 0 aliphatic carbocycles. The van der Waals surface area contributed by atoms with Crippen LogP contribution in [0, 0.1) is 5.82 Å². The summed E-state index contributed by atoms with van der Waals surface area (Å²) in [5.74, 6) is -4.96. The molecular weight excluding hydrogens is 625 g/mol. The van der Waals surface area contributed by atoms with Crippen molar-refractivity contribution in [1.82, 2.24) is 15.3 Å². The van der Waals surface area contributed by atoms with Crippen LogP contribution in [0.5, 0.6) is 11.5 Å². The maximum Gasteiger partial charge on any atom is 0.417 e. The number of primary amides is 1. The number of pyridine rings is 2. The number of ether oxygens (including phenoxy) is 2. The summed E-state index contributed by atoms with van der Waals surface area (Å²) < 4.78 is 108. The predicted octanol–water partition coefficient (Wildman–Crippen LogP) is 6.06. The Bertz CT molecular complexity index is 1830. The lowest BCUT2D eigenvalue weighted by Crippen LogP contribution is -2.42. The lowest BCUT2D eigenvalue weighted by molar-refractivity contribution is -0.149. The largest absolute Gasteiger partial charge is 0.494 e. The fourth-order valence-electron chi connectivity index (χ4n) is 5.32. The van der Waals surface area contributed by atoms with Crippen LogP contribution in [0.15, 0.2) is 54.7 Å². The number of nitrogens with two attached hydrogens (primary N) is 1. The van der Waals surface area contributed by atoms with Gasteiger partial charge in [0.1, 0.15) is 46.5 Å². The molecule has 3 heterocycles. The van der Waals surface area contributed by atoms with Crippen LogP contribution in [-0.4, -0.2) is 48.2 Å². The van der Waals surface area contributed by atoms with Crippen LogP contribution < -0.4 is 20.5 Å². The van der Waals surface area contributed by atoms with E-state index in [9.17, 15) is 40.3 Å². The average molecular weight is 651 g/mol. The molecule has 0 saturated heterocycles. The molecule has 1 aliphatic rings. The van der Waals surface area contributed by atoms with Crippen molar-refractivity contribution in [1.29, 1.82) is 0 Å². The highest BCUT2D eigenvalue weighted by molar-refractivity contribution is 6.00. The van der Waals surface area contributed by atoms with E-state index in [1.54, 1.807) is 6.92 Å². The number of hydrogen-bond donors (Lipinski definition) is 2. The number of nitrogens with zero attached hydrogens (tertiary/aromatic N) is 2. The molecule has 0 fully saturated rings. The Morgan fingerprint density at radius 2 is 1.78 bits per heavy atom. The molecule has 2 aromatic heterocycles. The number of methoxy groups -OCH3 is 1. The topological polar surface area (TPSA) is 116 Å². The lowest BCUT2D eigenvalue weighted by Gasteiger charge is -2.25. The van der Waals surface area contributed by atoms with Crippen molar-refractivity contribution in [2.45, 2.75) is 37.0 Å². The molecule has 4 aromatic rings. The molecule has 5 rings (SSSR count). The summed E-state index contributed by atoms with van der Waals surface area (Å²) in [5, 5.41) is 2.06. The monoisotopic (exact) mass is 650 g/mol. The van der Waals surface area contributed by atoms with Crippen molar-refractivity contribution in [3.05, 3.63) is 82.9 Å². The van der Waals surface area contributed by atoms with Crippen LogP contribution in [0.4, 0.5) is 30.7 Å². The molecule has 2 aromatic carbocycles. The van der Waals surface area contributed by atoms with Crippen LogP contribution in [0.1, 0.15) is 46.4 Å². The van der Waals surface area contributed by atoms with Gasteiger partial charge in [0.15, 0.2) is 0 Å². The summed E-state index contributed by atoms with van der Waals surface area (Å²) in [7, 11) is 1.19. The van der Waals surface area contributed by atoms with Crippen molar-refractivity contribution in [3.8, 4) is 22.8 Å². The molecule has 0 spiro atoms. The molecule has 0 unspecified atom stereocenters. The highest BCUT2D eigenvalue weighted by Gasteiger charge is 2.49. The van der Waals surface area contributed by atoms with Gasteiger partial charge < -0.3 is 20.5 Å². The summed E-state index contributed by atoms with van der Waals surface area (Å²) >= 11 is 0. The zero-order chi connectivity index (χ0) is 33.6. The third-order valence-electron chi connectivity index (χ3n) is 7.94. The second-order valence-corrected chi connectivity index (χ2v) is 10.6. The van der Waals surface area contributed by atoms with E-state index in [4.69, 9.17) is 15.2 Å². The summed E-state index contributed by atoms with van der Waals surface area (Å²) in [5.41, 5.74) is 2.45. The number of carbonyl (C=O) groups is 2. The smallest absolute Gasteiger partial charge is 0.417 e. The summed E-state index contributed by atoms with van der Waals surface area (Å²) in [4.78, 5) is 33.7. The van der Waals surface area contributed by atoms with Gasteiger partial charge in [0.2, 0.25) is 5.91 Å². The lowest BCUT2D eigenvalue weighted by atomic mass is 9.78. The second kappa shape index (κ2) is 11.8. The predicted molar refractivity (Wildman–Crippen MR) is 151 cm³/mol. The Kier molecular flexibility index (Phi) is 8.30. The van der Waals surface area contributed by atoms with Gasteiger partial charge in [0.25, 0.3) is 5.91 Å². The normalized spacial score (nSPS) is 16.9. The Morgan fingerprint density at radius 3 is 2.37 bits per heavy atom. The number of rotatable bonds is 8. The zero-order valence-electron chi connectivity index (χ0n) is 24.1. The third-order valence-corrected chi connectivity index (χ3v) is 7.94. The molecule has 15 heteroatoms. The highest BCUT2D eigenvalue weighted by atomic mass is 19.4. The van der Waals surface area contributed by atoms with E-state index in [0.717, 1.165) is 36.4 Å². The average Bonchev–Trinajstić information content (AvgIpc) is 3.39. The van der Waals surface area contributed by atoms with Crippen LogP contribution in [0.2, 0.25) is 0 Å². The van der Waals surface area contributed by atoms with E-state index >= 15 is 0 Å². The standard InChI is InChI=1S/C31H25F7N4O4/c1-3-29(28(39)44)14-46-26-20(29)11-22(42-25(26)15-4-6-19(32)7-5-15)21(31(36,37)38)13-41-27(43)17-8-16-9-18(30(33,34)35)12-40-24(16)23(10-17)45-2/h4-12,21H,3,13-14H2,1-2H3,(H2,39,44)(H,41,43)/t21-,29+/m1/s1. The maximum absolute atomic E-state index is 14.6. The molecule has 242 valence electrons. The first-order valence-electron chi connectivity index (χ1n) is 13.7. The Balaban J connectivity index is 1.55. The minimum Gasteiger partial charge on any atom is -0.494 e. The number of carbonyl (C=O) groups excluding carboxylic acids is 2. The molecule has 0 bridgehead atoms. The first-order chi connectivity index (χ1) is 21.6. The van der Waals surface area contributed by atoms with Gasteiger partial charge in [-0.05, 0) is 55.0 Å². The van der Waals surface area contributed by atoms with Gasteiger partial charge in [-0.3, -0.25) is 14.6 Å². The number of halogens is 7. The number of nitrogens with one attached hydrogen (secondary N) is 1. The van der Waals surface area contributed by atoms with Crippen molar-refractivity contribution >= 4 is 22.7 Å². The van der Waals surface area contributed by atoms with E-state index in [1.165, 1.54) is 19.2 Å². The van der Waals surface area contributed by atoms with Gasteiger partial charge >= 0.3 is 12.4 Å². The molecule has 46 heavy (non-hydrogen) atoms. The third kappa shape index (κ3) is 5.88. The number of alkyl halides is 6. The number of fused-ring (bicyclic) bond motifs is 2. The Morgan fingerprint density at radius 1 is 1.09 bits per heavy atom. The molecule has 3 N–H and O–H groups in total. The zero-order valence-corrected chi connectivity index (χ0v) is 24.1. The van der Waals surface area contributed by atoms with E-state index < -0.39 is 59.1 Å². The molecule has 2 amide bonds. The van der Waals surface area contributed by atoms with Gasteiger partial charge in [0.05, 0.1) is 18.4 Å². The highest BCUT2D eigenvalue weighted by Crippen LogP contribution is 2.48. The van der Waals surface area contributed by atoms with E-state index in [2.05, 4.69) is 15.3 Å². The summed E-state index contributed by atoms with van der Waals surface area (Å²) in [6.45, 7) is 0.317. The molecular formula is C31H25F7N4O4. The minimum absolute atomic E-state index is 0.00644. The summed E-state index contributed by atoms with van der Waals surface area (Å²) in [6.07, 6.45) is -9.04. The number of benzene rings is 2. The number of aromatic nitrogens is 2. The van der Waals surface area contributed by atoms with Crippen molar-refractivity contribution < 1.29 is 49.8 Å². The molecule has 2 atom stereocenters. The van der Waals surface area contributed by atoms with Gasteiger partial charge in [-0.2, -0.15) is 26.3 Å². The minimum atomic E-state index is -4.98. The number of hydrogen-bond acceptors (Lipinski definition) is 6. The fourth-order valence-corrected chi connectivity index (χ4v) is 5.32. The molecule has 0 saturated carbocycles. The molecule has 8 nitrogen and oxygen atoms in total.